The highest BCUT2D eigenvalue weighted by Crippen LogP contribution is 2.33. The molecule has 0 saturated heterocycles. The zero-order valence-electron chi connectivity index (χ0n) is 15.0. The van der Waals surface area contributed by atoms with Crippen LogP contribution in [-0.4, -0.2) is 41.2 Å². The van der Waals surface area contributed by atoms with Crippen molar-refractivity contribution in [1.82, 2.24) is 9.55 Å². The van der Waals surface area contributed by atoms with Crippen LogP contribution in [0.25, 0.3) is 22.4 Å². The maximum Gasteiger partial charge on any atom is 0.501 e. The summed E-state index contributed by atoms with van der Waals surface area (Å²) in [5.41, 5.74) is -4.21. The number of halogens is 3. The topological polar surface area (TPSA) is 98.5 Å². The minimum Gasteiger partial charge on any atom is -0.482 e. The first kappa shape index (κ1) is 20.6. The minimum atomic E-state index is -5.48. The maximum atomic E-state index is 12.8. The lowest BCUT2D eigenvalue weighted by Crippen LogP contribution is -2.23. The van der Waals surface area contributed by atoms with E-state index in [0.717, 1.165) is 12.1 Å². The van der Waals surface area contributed by atoms with Gasteiger partial charge in [0.1, 0.15) is 11.6 Å². The van der Waals surface area contributed by atoms with Crippen LogP contribution in [0, 0.1) is 0 Å². The number of aryl methyl sites for hydroxylation is 1. The molecule has 29 heavy (non-hydrogen) atoms. The van der Waals surface area contributed by atoms with Crippen molar-refractivity contribution in [2.45, 2.75) is 23.9 Å². The molecule has 11 heteroatoms. The fourth-order valence-electron chi connectivity index (χ4n) is 2.80. The van der Waals surface area contributed by atoms with Crippen LogP contribution in [0.4, 0.5) is 13.2 Å². The Morgan fingerprint density at radius 2 is 1.83 bits per heavy atom. The number of hydrogen-bond donors (Lipinski definition) is 1. The van der Waals surface area contributed by atoms with E-state index < -0.39 is 32.8 Å². The summed E-state index contributed by atoms with van der Waals surface area (Å²) in [6, 6.07) is 9.42. The number of rotatable bonds is 6. The number of fused-ring (bicyclic) bond motifs is 1. The molecule has 0 fully saturated rings. The summed E-state index contributed by atoms with van der Waals surface area (Å²) in [5, 5.41) is 8.63. The van der Waals surface area contributed by atoms with Gasteiger partial charge in [-0.3, -0.25) is 0 Å². The van der Waals surface area contributed by atoms with Crippen molar-refractivity contribution >= 4 is 26.8 Å². The van der Waals surface area contributed by atoms with Gasteiger partial charge in [0.25, 0.3) is 9.84 Å². The van der Waals surface area contributed by atoms with Crippen LogP contribution in [0.5, 0.6) is 5.75 Å². The smallest absolute Gasteiger partial charge is 0.482 e. The number of ether oxygens (including phenoxy) is 1. The Kier molecular flexibility index (Phi) is 5.26. The summed E-state index contributed by atoms with van der Waals surface area (Å²) in [7, 11) is -5.48. The predicted octanol–water partition coefficient (Wildman–Crippen LogP) is 3.48. The highest BCUT2D eigenvalue weighted by molar-refractivity contribution is 7.92. The zero-order valence-corrected chi connectivity index (χ0v) is 15.8. The average Bonchev–Trinajstić information content (AvgIpc) is 3.03. The van der Waals surface area contributed by atoms with Crippen molar-refractivity contribution in [1.29, 1.82) is 0 Å². The molecule has 0 unspecified atom stereocenters. The average molecular weight is 428 g/mol. The van der Waals surface area contributed by atoms with Crippen LogP contribution in [0.3, 0.4) is 0 Å². The van der Waals surface area contributed by atoms with Crippen molar-refractivity contribution < 1.29 is 36.2 Å². The molecule has 0 bridgehead atoms. The van der Waals surface area contributed by atoms with E-state index in [1.54, 1.807) is 16.7 Å². The van der Waals surface area contributed by atoms with Crippen molar-refractivity contribution in [3.05, 3.63) is 42.5 Å². The zero-order chi connectivity index (χ0) is 21.4. The van der Waals surface area contributed by atoms with Crippen LogP contribution in [0.15, 0.2) is 47.4 Å². The maximum absolute atomic E-state index is 12.8. The van der Waals surface area contributed by atoms with Crippen molar-refractivity contribution in [3.8, 4) is 17.1 Å². The van der Waals surface area contributed by atoms with Gasteiger partial charge in [-0.15, -0.1) is 0 Å². The number of carboxylic acid groups (broad SMARTS) is 1. The minimum absolute atomic E-state index is 0.110. The molecule has 3 aromatic rings. The summed E-state index contributed by atoms with van der Waals surface area (Å²) >= 11 is 0. The fourth-order valence-corrected chi connectivity index (χ4v) is 3.58. The molecule has 0 aliphatic carbocycles. The van der Waals surface area contributed by atoms with Gasteiger partial charge >= 0.3 is 11.5 Å². The number of carbonyl (C=O) groups is 1. The number of aromatic nitrogens is 2. The monoisotopic (exact) mass is 428 g/mol. The Morgan fingerprint density at radius 3 is 2.38 bits per heavy atom. The van der Waals surface area contributed by atoms with Gasteiger partial charge in [0, 0.05) is 12.1 Å². The van der Waals surface area contributed by atoms with E-state index in [2.05, 4.69) is 4.98 Å². The Hall–Kier alpha value is -3.08. The van der Waals surface area contributed by atoms with Crippen molar-refractivity contribution in [2.24, 2.45) is 0 Å². The van der Waals surface area contributed by atoms with Crippen LogP contribution < -0.4 is 4.74 Å². The van der Waals surface area contributed by atoms with E-state index in [0.29, 0.717) is 29.2 Å². The number of benzene rings is 2. The molecular weight excluding hydrogens is 413 g/mol. The van der Waals surface area contributed by atoms with Gasteiger partial charge in [-0.2, -0.15) is 13.2 Å². The van der Waals surface area contributed by atoms with Gasteiger partial charge in [0.05, 0.1) is 15.9 Å². The second-order valence-corrected chi connectivity index (χ2v) is 7.93. The molecule has 0 radical (unpaired) electrons. The number of sulfone groups is 1. The molecule has 0 atom stereocenters. The standard InChI is InChI=1S/C18H15F3N2O5S/c1-2-23-15-8-7-13(29(26,27)18(19,20)21)9-14(15)22-17(23)11-3-5-12(6-4-11)28-10-16(24)25/h3-9H,2,10H2,1H3,(H,24,25). The molecular formula is C18H15F3N2O5S. The van der Waals surface area contributed by atoms with Crippen molar-refractivity contribution in [2.75, 3.05) is 6.61 Å². The lowest BCUT2D eigenvalue weighted by molar-refractivity contribution is -0.139. The molecule has 3 rings (SSSR count). The summed E-state index contributed by atoms with van der Waals surface area (Å²) in [4.78, 5) is 14.0. The first-order valence-electron chi connectivity index (χ1n) is 8.31. The molecule has 0 saturated carbocycles. The van der Waals surface area contributed by atoms with Crippen LogP contribution in [0.2, 0.25) is 0 Å². The molecule has 1 heterocycles. The Bertz CT molecular complexity index is 1170. The van der Waals surface area contributed by atoms with Gasteiger partial charge in [-0.05, 0) is 49.4 Å². The Balaban J connectivity index is 2.04. The molecule has 0 aliphatic heterocycles. The molecule has 7 nitrogen and oxygen atoms in total. The second kappa shape index (κ2) is 7.39. The van der Waals surface area contributed by atoms with Gasteiger partial charge in [-0.25, -0.2) is 18.2 Å². The lowest BCUT2D eigenvalue weighted by atomic mass is 10.2. The summed E-state index contributed by atoms with van der Waals surface area (Å²) in [5.74, 6) is -0.367. The van der Waals surface area contributed by atoms with E-state index in [4.69, 9.17) is 9.84 Å². The molecule has 0 spiro atoms. The number of nitrogens with zero attached hydrogens (tertiary/aromatic N) is 2. The third-order valence-electron chi connectivity index (χ3n) is 4.13. The second-order valence-electron chi connectivity index (χ2n) is 5.99. The summed E-state index contributed by atoms with van der Waals surface area (Å²) < 4.78 is 68.6. The molecule has 0 amide bonds. The van der Waals surface area contributed by atoms with Gasteiger partial charge in [0.15, 0.2) is 6.61 Å². The van der Waals surface area contributed by atoms with Crippen molar-refractivity contribution in [3.63, 3.8) is 0 Å². The number of aliphatic carboxylic acids is 1. The predicted molar refractivity (Wildman–Crippen MR) is 97.2 cm³/mol. The largest absolute Gasteiger partial charge is 0.501 e. The molecule has 1 aromatic heterocycles. The first-order chi connectivity index (χ1) is 13.5. The van der Waals surface area contributed by atoms with E-state index >= 15 is 0 Å². The van der Waals surface area contributed by atoms with E-state index in [1.165, 1.54) is 18.2 Å². The van der Waals surface area contributed by atoms with Gasteiger partial charge in [0.2, 0.25) is 0 Å². The number of hydrogen-bond acceptors (Lipinski definition) is 5. The third-order valence-corrected chi connectivity index (χ3v) is 5.61. The normalized spacial score (nSPS) is 12.3. The van der Waals surface area contributed by atoms with Crippen LogP contribution in [0.1, 0.15) is 6.92 Å². The van der Waals surface area contributed by atoms with Gasteiger partial charge in [-0.1, -0.05) is 0 Å². The summed E-state index contributed by atoms with van der Waals surface area (Å²) in [6.45, 7) is 1.76. The van der Waals surface area contributed by atoms with E-state index in [1.807, 2.05) is 6.92 Å². The third kappa shape index (κ3) is 3.90. The van der Waals surface area contributed by atoms with Gasteiger partial charge < -0.3 is 14.4 Å². The highest BCUT2D eigenvalue weighted by Gasteiger charge is 2.47. The molecule has 0 aliphatic rings. The SMILES string of the molecule is CCn1c(-c2ccc(OCC(=O)O)cc2)nc2cc(S(=O)(=O)C(F)(F)F)ccc21. The number of imidazole rings is 1. The molecule has 154 valence electrons. The first-order valence-corrected chi connectivity index (χ1v) is 9.79. The molecule has 1 N–H and O–H groups in total. The number of carboxylic acids is 1. The Morgan fingerprint density at radius 1 is 1.17 bits per heavy atom. The van der Waals surface area contributed by atoms with E-state index in [9.17, 15) is 26.4 Å². The quantitative estimate of drug-likeness (QED) is 0.646. The fraction of sp³-hybridized carbons (Fsp3) is 0.222. The van der Waals surface area contributed by atoms with Crippen LogP contribution >= 0.6 is 0 Å². The highest BCUT2D eigenvalue weighted by atomic mass is 32.2. The summed E-state index contributed by atoms with van der Waals surface area (Å²) in [6.07, 6.45) is 0. The lowest BCUT2D eigenvalue weighted by Gasteiger charge is -2.09. The van der Waals surface area contributed by atoms with E-state index in [-0.39, 0.29) is 5.52 Å². The van der Waals surface area contributed by atoms with Crippen LogP contribution in [-0.2, 0) is 21.2 Å². The molecule has 2 aromatic carbocycles. The number of alkyl halides is 3. The Labute approximate surface area is 163 Å².